The minimum Gasteiger partial charge on any atom is -0.315 e. The second-order valence-corrected chi connectivity index (χ2v) is 3.38. The van der Waals surface area contributed by atoms with Crippen molar-refractivity contribution in [3.63, 3.8) is 0 Å². The summed E-state index contributed by atoms with van der Waals surface area (Å²) in [7, 11) is 0. The van der Waals surface area contributed by atoms with Gasteiger partial charge < -0.3 is 10.6 Å². The van der Waals surface area contributed by atoms with Crippen LogP contribution in [0.4, 0.5) is 0 Å². The van der Waals surface area contributed by atoms with Gasteiger partial charge in [0.1, 0.15) is 0 Å². The van der Waals surface area contributed by atoms with Crippen molar-refractivity contribution in [1.29, 1.82) is 0 Å². The molecule has 0 bridgehead atoms. The highest BCUT2D eigenvalue weighted by Gasteiger charge is 2.12. The molecule has 0 radical (unpaired) electrons. The second kappa shape index (κ2) is 4.21. The second-order valence-electron chi connectivity index (χ2n) is 3.02. The Morgan fingerprint density at radius 2 is 2.20 bits per heavy atom. The Morgan fingerprint density at radius 3 is 2.90 bits per heavy atom. The summed E-state index contributed by atoms with van der Waals surface area (Å²) in [5, 5.41) is 6.82. The molecule has 1 fully saturated rings. The number of nitrogens with one attached hydrogen (secondary N) is 2. The zero-order valence-corrected chi connectivity index (χ0v) is 7.32. The van der Waals surface area contributed by atoms with Crippen LogP contribution in [0.5, 0.6) is 0 Å². The third-order valence-electron chi connectivity index (χ3n) is 1.90. The summed E-state index contributed by atoms with van der Waals surface area (Å²) >= 11 is 4.26. The van der Waals surface area contributed by atoms with Crippen LogP contribution in [0.1, 0.15) is 6.92 Å². The first-order valence-corrected chi connectivity index (χ1v) is 4.51. The van der Waals surface area contributed by atoms with Crippen molar-refractivity contribution in [2.24, 2.45) is 5.92 Å². The van der Waals surface area contributed by atoms with Gasteiger partial charge in [0, 0.05) is 25.7 Å². The topological polar surface area (TPSA) is 24.1 Å². The highest BCUT2D eigenvalue weighted by atomic mass is 32.1. The SMILES string of the molecule is C[C@H]1CNC[C@@H](CS)CN1. The van der Waals surface area contributed by atoms with E-state index >= 15 is 0 Å². The molecular formula is C7H16N2S. The molecule has 0 aromatic carbocycles. The van der Waals surface area contributed by atoms with Crippen molar-refractivity contribution >= 4 is 12.6 Å². The smallest absolute Gasteiger partial charge is 0.0164 e. The molecule has 10 heavy (non-hydrogen) atoms. The summed E-state index contributed by atoms with van der Waals surface area (Å²) in [6.07, 6.45) is 0. The summed E-state index contributed by atoms with van der Waals surface area (Å²) in [4.78, 5) is 0. The van der Waals surface area contributed by atoms with E-state index in [4.69, 9.17) is 0 Å². The van der Waals surface area contributed by atoms with Crippen LogP contribution in [0.3, 0.4) is 0 Å². The average molecular weight is 160 g/mol. The minimum absolute atomic E-state index is 0.616. The van der Waals surface area contributed by atoms with Gasteiger partial charge in [-0.15, -0.1) is 0 Å². The Kier molecular flexibility index (Phi) is 3.52. The van der Waals surface area contributed by atoms with Crippen LogP contribution in [0.25, 0.3) is 0 Å². The van der Waals surface area contributed by atoms with Gasteiger partial charge >= 0.3 is 0 Å². The molecule has 1 aliphatic heterocycles. The third kappa shape index (κ3) is 2.48. The van der Waals surface area contributed by atoms with Gasteiger partial charge in [-0.25, -0.2) is 0 Å². The molecule has 0 aromatic heterocycles. The first-order chi connectivity index (χ1) is 4.83. The van der Waals surface area contributed by atoms with E-state index in [1.54, 1.807) is 0 Å². The van der Waals surface area contributed by atoms with Crippen LogP contribution < -0.4 is 10.6 Å². The highest BCUT2D eigenvalue weighted by Crippen LogP contribution is 1.99. The molecule has 0 aliphatic carbocycles. The molecule has 2 nitrogen and oxygen atoms in total. The lowest BCUT2D eigenvalue weighted by Gasteiger charge is -2.10. The third-order valence-corrected chi connectivity index (χ3v) is 2.41. The lowest BCUT2D eigenvalue weighted by molar-refractivity contribution is 0.531. The van der Waals surface area contributed by atoms with Crippen LogP contribution >= 0.6 is 12.6 Å². The van der Waals surface area contributed by atoms with Gasteiger partial charge in [0.05, 0.1) is 0 Å². The Bertz CT molecular complexity index is 97.6. The highest BCUT2D eigenvalue weighted by molar-refractivity contribution is 7.80. The van der Waals surface area contributed by atoms with Crippen LogP contribution in [0.2, 0.25) is 0 Å². The van der Waals surface area contributed by atoms with Crippen molar-refractivity contribution in [3.8, 4) is 0 Å². The Morgan fingerprint density at radius 1 is 1.40 bits per heavy atom. The summed E-state index contributed by atoms with van der Waals surface area (Å²) in [5.74, 6) is 1.68. The first-order valence-electron chi connectivity index (χ1n) is 3.88. The van der Waals surface area contributed by atoms with E-state index in [1.165, 1.54) is 0 Å². The van der Waals surface area contributed by atoms with Crippen LogP contribution in [0, 0.1) is 5.92 Å². The largest absolute Gasteiger partial charge is 0.315 e. The molecule has 0 saturated carbocycles. The summed E-state index contributed by atoms with van der Waals surface area (Å²) < 4.78 is 0. The number of hydrogen-bond acceptors (Lipinski definition) is 3. The average Bonchev–Trinajstić information content (AvgIpc) is 2.14. The van der Waals surface area contributed by atoms with Crippen molar-refractivity contribution in [3.05, 3.63) is 0 Å². The molecule has 2 N–H and O–H groups in total. The first kappa shape index (κ1) is 8.37. The van der Waals surface area contributed by atoms with Gasteiger partial charge in [-0.2, -0.15) is 12.6 Å². The predicted octanol–water partition coefficient (Wildman–Crippen LogP) is 0.114. The zero-order chi connectivity index (χ0) is 7.40. The minimum atomic E-state index is 0.616. The Labute approximate surface area is 68.2 Å². The van der Waals surface area contributed by atoms with Crippen LogP contribution in [0.15, 0.2) is 0 Å². The molecule has 1 heterocycles. The van der Waals surface area contributed by atoms with Gasteiger partial charge in [0.15, 0.2) is 0 Å². The molecule has 0 unspecified atom stereocenters. The van der Waals surface area contributed by atoms with E-state index in [0.29, 0.717) is 12.0 Å². The van der Waals surface area contributed by atoms with Crippen molar-refractivity contribution in [2.45, 2.75) is 13.0 Å². The van der Waals surface area contributed by atoms with Gasteiger partial charge in [0.25, 0.3) is 0 Å². The lowest BCUT2D eigenvalue weighted by Crippen LogP contribution is -2.32. The fourth-order valence-corrected chi connectivity index (χ4v) is 1.40. The summed E-state index contributed by atoms with van der Waals surface area (Å²) in [6, 6.07) is 0.616. The molecule has 3 heteroatoms. The van der Waals surface area contributed by atoms with Gasteiger partial charge in [-0.1, -0.05) is 0 Å². The maximum atomic E-state index is 4.26. The summed E-state index contributed by atoms with van der Waals surface area (Å²) in [5.41, 5.74) is 0. The van der Waals surface area contributed by atoms with E-state index in [1.807, 2.05) is 0 Å². The maximum absolute atomic E-state index is 4.26. The molecule has 2 atom stereocenters. The predicted molar refractivity (Wildman–Crippen MR) is 47.7 cm³/mol. The number of thiol groups is 1. The van der Waals surface area contributed by atoms with E-state index in [2.05, 4.69) is 30.2 Å². The van der Waals surface area contributed by atoms with E-state index < -0.39 is 0 Å². The molecule has 60 valence electrons. The Hall–Kier alpha value is 0.270. The quantitative estimate of drug-likeness (QED) is 0.474. The molecular weight excluding hydrogens is 144 g/mol. The van der Waals surface area contributed by atoms with E-state index in [-0.39, 0.29) is 0 Å². The van der Waals surface area contributed by atoms with Crippen molar-refractivity contribution in [2.75, 3.05) is 25.4 Å². The normalized spacial score (nSPS) is 35.4. The molecule has 1 rings (SSSR count). The van der Waals surface area contributed by atoms with Gasteiger partial charge in [0.2, 0.25) is 0 Å². The number of rotatable bonds is 1. The zero-order valence-electron chi connectivity index (χ0n) is 6.43. The number of hydrogen-bond donors (Lipinski definition) is 3. The molecule has 0 aromatic rings. The van der Waals surface area contributed by atoms with Gasteiger partial charge in [-0.05, 0) is 18.6 Å². The molecule has 1 saturated heterocycles. The van der Waals surface area contributed by atoms with Crippen molar-refractivity contribution < 1.29 is 0 Å². The van der Waals surface area contributed by atoms with Gasteiger partial charge in [-0.3, -0.25) is 0 Å². The lowest BCUT2D eigenvalue weighted by atomic mass is 10.2. The molecule has 0 spiro atoms. The summed E-state index contributed by atoms with van der Waals surface area (Å²) in [6.45, 7) is 5.51. The van der Waals surface area contributed by atoms with Crippen LogP contribution in [-0.4, -0.2) is 31.4 Å². The monoisotopic (exact) mass is 160 g/mol. The maximum Gasteiger partial charge on any atom is 0.0164 e. The Balaban J connectivity index is 2.26. The van der Waals surface area contributed by atoms with E-state index in [0.717, 1.165) is 25.4 Å². The van der Waals surface area contributed by atoms with E-state index in [9.17, 15) is 0 Å². The fourth-order valence-electron chi connectivity index (χ4n) is 1.15. The fraction of sp³-hybridized carbons (Fsp3) is 1.00. The molecule has 0 amide bonds. The van der Waals surface area contributed by atoms with Crippen molar-refractivity contribution in [1.82, 2.24) is 10.6 Å². The van der Waals surface area contributed by atoms with Crippen LogP contribution in [-0.2, 0) is 0 Å². The molecule has 1 aliphatic rings. The standard InChI is InChI=1S/C7H16N2S/c1-6-2-8-3-7(5-10)4-9-6/h6-10H,2-5H2,1H3/t6-,7+/m0/s1.